The lowest BCUT2D eigenvalue weighted by molar-refractivity contribution is -0.0183. The van der Waals surface area contributed by atoms with E-state index in [0.717, 1.165) is 136 Å². The third kappa shape index (κ3) is 11.7. The number of fused-ring (bicyclic) bond motifs is 3. The number of aromatic nitrogens is 2. The number of amides is 1. The van der Waals surface area contributed by atoms with Crippen LogP contribution in [0.3, 0.4) is 0 Å². The van der Waals surface area contributed by atoms with Crippen LogP contribution in [0.1, 0.15) is 146 Å². The van der Waals surface area contributed by atoms with Gasteiger partial charge in [-0.05, 0) is 203 Å². The molecule has 0 saturated heterocycles. The summed E-state index contributed by atoms with van der Waals surface area (Å²) in [4.78, 5) is 68.1. The van der Waals surface area contributed by atoms with E-state index in [1.54, 1.807) is 30.6 Å². The zero-order valence-electron chi connectivity index (χ0n) is 44.4. The molecule has 13 rings (SSSR count). The number of hydrogen-bond acceptors (Lipinski definition) is 11. The van der Waals surface area contributed by atoms with Crippen LogP contribution in [0.25, 0.3) is 22.3 Å². The van der Waals surface area contributed by atoms with Crippen molar-refractivity contribution in [2.24, 2.45) is 0 Å². The Balaban J connectivity index is 0.000000130. The predicted octanol–water partition coefficient (Wildman–Crippen LogP) is 15.0. The fraction of sp³-hybridized carbons (Fsp3) is 0.286. The third-order valence-corrected chi connectivity index (χ3v) is 16.8. The number of nitrogens with one attached hydrogen (secondary N) is 1. The zero-order chi connectivity index (χ0) is 57.5. The van der Waals surface area contributed by atoms with E-state index in [-0.39, 0.29) is 40.0 Å². The number of nitrogens with zero attached hydrogens (tertiary/aromatic N) is 2. The molecule has 5 heterocycles. The van der Waals surface area contributed by atoms with Gasteiger partial charge < -0.3 is 25.3 Å². The van der Waals surface area contributed by atoms with Crippen LogP contribution < -0.4 is 25.3 Å². The number of benzene rings is 5. The molecule has 0 atom stereocenters. The highest BCUT2D eigenvalue weighted by Gasteiger charge is 2.47. The molecular weight excluding hydrogens is 1130 g/mol. The molecule has 0 bridgehead atoms. The molecule has 6 aliphatic rings. The van der Waals surface area contributed by atoms with Crippen molar-refractivity contribution in [2.45, 2.75) is 115 Å². The molecule has 18 heteroatoms. The van der Waals surface area contributed by atoms with E-state index in [2.05, 4.69) is 31.2 Å². The normalized spacial score (nSPS) is 16.9. The van der Waals surface area contributed by atoms with E-state index >= 15 is 0 Å². The first kappa shape index (κ1) is 56.5. The van der Waals surface area contributed by atoms with E-state index < -0.39 is 45.5 Å². The van der Waals surface area contributed by atoms with Gasteiger partial charge in [-0.2, -0.15) is 0 Å². The molecule has 3 fully saturated rings. The number of carbonyl (C=O) groups is 5. The van der Waals surface area contributed by atoms with E-state index in [9.17, 15) is 41.5 Å². The summed E-state index contributed by atoms with van der Waals surface area (Å²) in [6.45, 7) is 5.91. The Morgan fingerprint density at radius 3 is 1.30 bits per heavy atom. The Morgan fingerprint density at radius 1 is 0.543 bits per heavy atom. The van der Waals surface area contributed by atoms with Crippen molar-refractivity contribution in [1.29, 1.82) is 0 Å². The predicted molar refractivity (Wildman–Crippen MR) is 301 cm³/mol. The van der Waals surface area contributed by atoms with Crippen molar-refractivity contribution in [3.05, 3.63) is 182 Å². The zero-order valence-corrected chi connectivity index (χ0v) is 46.7. The standard InChI is InChI=1S/C25H20F2N2O3.C18H18N2O2.C13H13BrO2.C7H3ClF2O/c1-14-10-17-20(30)12-25(8-3-9-25)32-21(17)11-16(14)15-6-7-22(28-13-15)29-24(31)23-18(26)4-2-5-19(23)27;1-11-7-14-15(21)9-18(5-2-6-18)22-16(14)8-13(11)12-3-4-17(19)20-10-12;1-8-5-9-11(15)7-13(3-2-4-13)16-12(9)6-10(8)14;8-7(11)6-4(9)2-1-3-5(6)10/h2,4-7,10-11,13H,3,8-9,12H2,1H3,(H,28,29,31);3-4,7-8,10H,2,5-6,9H2,1H3,(H2,19,20);5-6H,2-4,7H2,1H3;1-3H. The first-order valence-electron chi connectivity index (χ1n) is 26.5. The van der Waals surface area contributed by atoms with Gasteiger partial charge in [-0.1, -0.05) is 28.1 Å². The number of nitrogen functional groups attached to an aromatic ring is 1. The fourth-order valence-corrected chi connectivity index (χ4v) is 11.4. The summed E-state index contributed by atoms with van der Waals surface area (Å²) >= 11 is 8.38. The molecule has 0 unspecified atom stereocenters. The molecule has 416 valence electrons. The van der Waals surface area contributed by atoms with Crippen LogP contribution >= 0.6 is 27.5 Å². The van der Waals surface area contributed by atoms with Crippen molar-refractivity contribution in [3.63, 3.8) is 0 Å². The highest BCUT2D eigenvalue weighted by molar-refractivity contribution is 9.10. The minimum Gasteiger partial charge on any atom is -0.486 e. The lowest BCUT2D eigenvalue weighted by Gasteiger charge is -2.44. The summed E-state index contributed by atoms with van der Waals surface area (Å²) in [5.41, 5.74) is 12.3. The van der Waals surface area contributed by atoms with Crippen LogP contribution in [0.15, 0.2) is 114 Å². The van der Waals surface area contributed by atoms with Gasteiger partial charge in [0.25, 0.3) is 11.1 Å². The molecule has 1 amide bonds. The van der Waals surface area contributed by atoms with Gasteiger partial charge >= 0.3 is 0 Å². The minimum atomic E-state index is -1.12. The Kier molecular flexibility index (Phi) is 15.8. The maximum Gasteiger partial charge on any atom is 0.262 e. The molecule has 3 aliphatic carbocycles. The second-order valence-electron chi connectivity index (χ2n) is 21.5. The molecule has 3 N–H and O–H groups in total. The molecule has 3 spiro atoms. The van der Waals surface area contributed by atoms with Crippen molar-refractivity contribution in [1.82, 2.24) is 9.97 Å². The average molecular weight is 1190 g/mol. The Morgan fingerprint density at radius 2 is 0.938 bits per heavy atom. The maximum absolute atomic E-state index is 13.8. The summed E-state index contributed by atoms with van der Waals surface area (Å²) < 4.78 is 72.2. The van der Waals surface area contributed by atoms with E-state index in [0.29, 0.717) is 47.7 Å². The smallest absolute Gasteiger partial charge is 0.262 e. The fourth-order valence-electron chi connectivity index (χ4n) is 10.9. The van der Waals surface area contributed by atoms with Gasteiger partial charge in [-0.3, -0.25) is 24.0 Å². The number of nitrogens with two attached hydrogens (primary N) is 1. The second-order valence-corrected chi connectivity index (χ2v) is 22.7. The van der Waals surface area contributed by atoms with Crippen LogP contribution in [0.2, 0.25) is 0 Å². The number of Topliss-reactive ketones (excluding diaryl/α,β-unsaturated/α-hetero) is 3. The van der Waals surface area contributed by atoms with Gasteiger partial charge in [0.15, 0.2) is 17.3 Å². The molecular formula is C63H54BrClF4N4O8. The van der Waals surface area contributed by atoms with Gasteiger partial charge in [0, 0.05) is 28.0 Å². The number of hydrogen-bond donors (Lipinski definition) is 2. The summed E-state index contributed by atoms with van der Waals surface area (Å²) in [6, 6.07) is 24.9. The SMILES string of the molecule is Cc1cc2c(cc1-c1ccc(N)nc1)OC1(CCC1)CC2=O.Cc1cc2c(cc1-c1ccc(NC(=O)c3c(F)cccc3F)nc1)OC1(CCC1)CC2=O.Cc1cc2c(cc1Br)OC1(CCC1)CC2=O.O=C(Cl)c1c(F)cccc1F. The molecule has 0 radical (unpaired) electrons. The molecule has 81 heavy (non-hydrogen) atoms. The van der Waals surface area contributed by atoms with Gasteiger partial charge in [0.05, 0.1) is 36.0 Å². The molecule has 7 aromatic rings. The van der Waals surface area contributed by atoms with Crippen LogP contribution in [0.4, 0.5) is 29.2 Å². The van der Waals surface area contributed by atoms with E-state index in [1.807, 2.05) is 63.2 Å². The molecule has 3 aliphatic heterocycles. The minimum absolute atomic E-state index is 0.108. The number of pyridine rings is 2. The lowest BCUT2D eigenvalue weighted by atomic mass is 9.74. The number of carbonyl (C=O) groups excluding carboxylic acids is 5. The first-order chi connectivity index (χ1) is 38.6. The second kappa shape index (κ2) is 22.6. The maximum atomic E-state index is 13.8. The highest BCUT2D eigenvalue weighted by Crippen LogP contribution is 2.49. The first-order valence-corrected chi connectivity index (χ1v) is 27.6. The Hall–Kier alpha value is -7.76. The van der Waals surface area contributed by atoms with Crippen LogP contribution in [0.5, 0.6) is 17.2 Å². The molecule has 12 nitrogen and oxygen atoms in total. The van der Waals surface area contributed by atoms with Crippen molar-refractivity contribution >= 4 is 67.7 Å². The molecule has 3 saturated carbocycles. The Bertz CT molecular complexity index is 3660. The van der Waals surface area contributed by atoms with Crippen molar-refractivity contribution in [3.8, 4) is 39.5 Å². The van der Waals surface area contributed by atoms with Gasteiger partial charge in [0.2, 0.25) is 0 Å². The topological polar surface area (TPSA) is 177 Å². The summed E-state index contributed by atoms with van der Waals surface area (Å²) in [5.74, 6) is -1.41. The summed E-state index contributed by atoms with van der Waals surface area (Å²) in [6.07, 6.45) is 14.0. The van der Waals surface area contributed by atoms with Crippen LogP contribution in [-0.2, 0) is 0 Å². The number of ether oxygens (including phenoxy) is 3. The lowest BCUT2D eigenvalue weighted by Crippen LogP contribution is -2.47. The monoisotopic (exact) mass is 1180 g/mol. The molecule has 5 aromatic carbocycles. The van der Waals surface area contributed by atoms with Crippen LogP contribution in [0, 0.1) is 44.0 Å². The number of ketones is 3. The van der Waals surface area contributed by atoms with E-state index in [1.165, 1.54) is 12.5 Å². The summed E-state index contributed by atoms with van der Waals surface area (Å²) in [7, 11) is 0. The average Bonchev–Trinajstić information content (AvgIpc) is 3.42. The number of aryl methyl sites for hydroxylation is 3. The van der Waals surface area contributed by atoms with Gasteiger partial charge in [-0.25, -0.2) is 27.5 Å². The largest absolute Gasteiger partial charge is 0.486 e. The van der Waals surface area contributed by atoms with Crippen molar-refractivity contribution < 1.29 is 55.7 Å². The highest BCUT2D eigenvalue weighted by atomic mass is 79.9. The Labute approximate surface area is 477 Å². The van der Waals surface area contributed by atoms with Gasteiger partial charge in [0.1, 0.15) is 80.1 Å². The number of anilines is 2. The molecule has 2 aromatic heterocycles. The quantitative estimate of drug-likeness (QED) is 0.124. The van der Waals surface area contributed by atoms with Crippen LogP contribution in [-0.4, -0.2) is 55.3 Å². The van der Waals surface area contributed by atoms with E-state index in [4.69, 9.17) is 31.5 Å². The third-order valence-electron chi connectivity index (χ3n) is 15.8. The van der Waals surface area contributed by atoms with Gasteiger partial charge in [-0.15, -0.1) is 0 Å². The summed E-state index contributed by atoms with van der Waals surface area (Å²) in [5, 5.41) is 1.29. The number of halogens is 6. The number of rotatable bonds is 5. The van der Waals surface area contributed by atoms with Crippen molar-refractivity contribution in [2.75, 3.05) is 11.1 Å².